The van der Waals surface area contributed by atoms with Crippen LogP contribution in [0.4, 0.5) is 0 Å². The Bertz CT molecular complexity index is 305. The van der Waals surface area contributed by atoms with Crippen molar-refractivity contribution in [3.8, 4) is 18.1 Å². The summed E-state index contributed by atoms with van der Waals surface area (Å²) in [4.78, 5) is 0. The predicted octanol–water partition coefficient (Wildman–Crippen LogP) is 2.65. The van der Waals surface area contributed by atoms with Crippen molar-refractivity contribution in [2.24, 2.45) is 0 Å². The van der Waals surface area contributed by atoms with Gasteiger partial charge in [-0.15, -0.1) is 12.3 Å². The molecule has 2 nitrogen and oxygen atoms in total. The summed E-state index contributed by atoms with van der Waals surface area (Å²) in [5.74, 6) is 3.44. The van der Waals surface area contributed by atoms with E-state index in [0.29, 0.717) is 13.0 Å². The average molecular weight is 222 g/mol. The molecule has 3 heteroatoms. The summed E-state index contributed by atoms with van der Waals surface area (Å²) >= 11 is 0. The number of ether oxygens (including phenoxy) is 1. The number of terminal acetylenes is 1. The molecule has 0 aliphatic rings. The summed E-state index contributed by atoms with van der Waals surface area (Å²) in [5.41, 5.74) is 0. The Kier molecular flexibility index (Phi) is 5.85. The van der Waals surface area contributed by atoms with E-state index < -0.39 is 0 Å². The Labute approximate surface area is 93.3 Å². The van der Waals surface area contributed by atoms with E-state index in [9.17, 15) is 0 Å². The highest BCUT2D eigenvalue weighted by molar-refractivity contribution is 7.09. The summed E-state index contributed by atoms with van der Waals surface area (Å²) in [6, 6.07) is 9.66. The average Bonchev–Trinajstić information content (AvgIpc) is 2.31. The van der Waals surface area contributed by atoms with E-state index in [-0.39, 0.29) is 6.10 Å². The second-order valence-corrected chi connectivity index (χ2v) is 3.40. The SMILES string of the molecule is C#CCC[C@H](COc1ccccc1)OP. The largest absolute Gasteiger partial charge is 0.491 e. The summed E-state index contributed by atoms with van der Waals surface area (Å²) in [7, 11) is 2.25. The van der Waals surface area contributed by atoms with E-state index in [1.807, 2.05) is 30.3 Å². The number of hydrogen-bond donors (Lipinski definition) is 0. The lowest BCUT2D eigenvalue weighted by molar-refractivity contribution is 0.143. The van der Waals surface area contributed by atoms with Gasteiger partial charge in [0.25, 0.3) is 0 Å². The quantitative estimate of drug-likeness (QED) is 0.544. The van der Waals surface area contributed by atoms with Gasteiger partial charge in [0.2, 0.25) is 0 Å². The zero-order chi connectivity index (χ0) is 10.9. The molecule has 0 aromatic heterocycles. The maximum Gasteiger partial charge on any atom is 0.119 e. The number of rotatable bonds is 6. The molecular weight excluding hydrogens is 207 g/mol. The van der Waals surface area contributed by atoms with Crippen molar-refractivity contribution in [1.29, 1.82) is 0 Å². The molecule has 1 unspecified atom stereocenters. The van der Waals surface area contributed by atoms with Crippen molar-refractivity contribution in [3.05, 3.63) is 30.3 Å². The third-order valence-electron chi connectivity index (χ3n) is 1.98. The van der Waals surface area contributed by atoms with Gasteiger partial charge in [-0.05, 0) is 18.6 Å². The highest BCUT2D eigenvalue weighted by Crippen LogP contribution is 2.12. The number of hydrogen-bond acceptors (Lipinski definition) is 2. The standard InChI is InChI=1S/C12H15O2P/c1-2-3-7-12(14-15)10-13-11-8-5-4-6-9-11/h1,4-6,8-9,12H,3,7,10,15H2/t12-/m1/s1. The predicted molar refractivity (Wildman–Crippen MR) is 64.6 cm³/mol. The molecule has 0 saturated heterocycles. The Hall–Kier alpha value is -1.03. The molecule has 0 bridgehead atoms. The van der Waals surface area contributed by atoms with Crippen molar-refractivity contribution < 1.29 is 9.26 Å². The highest BCUT2D eigenvalue weighted by Gasteiger charge is 2.07. The van der Waals surface area contributed by atoms with Crippen molar-refractivity contribution in [3.63, 3.8) is 0 Å². The lowest BCUT2D eigenvalue weighted by Gasteiger charge is -2.14. The minimum Gasteiger partial charge on any atom is -0.491 e. The van der Waals surface area contributed by atoms with Crippen molar-refractivity contribution in [1.82, 2.24) is 0 Å². The molecule has 1 aromatic rings. The summed E-state index contributed by atoms with van der Waals surface area (Å²) in [5, 5.41) is 0. The lowest BCUT2D eigenvalue weighted by Crippen LogP contribution is -2.18. The summed E-state index contributed by atoms with van der Waals surface area (Å²) in [6.45, 7) is 0.523. The summed E-state index contributed by atoms with van der Waals surface area (Å²) < 4.78 is 10.7. The number of benzene rings is 1. The Morgan fingerprint density at radius 3 is 2.67 bits per heavy atom. The third-order valence-corrected chi connectivity index (χ3v) is 2.37. The smallest absolute Gasteiger partial charge is 0.119 e. The van der Waals surface area contributed by atoms with E-state index in [4.69, 9.17) is 15.7 Å². The van der Waals surface area contributed by atoms with Gasteiger partial charge >= 0.3 is 0 Å². The topological polar surface area (TPSA) is 18.5 Å². The van der Waals surface area contributed by atoms with Crippen LogP contribution in [0.1, 0.15) is 12.8 Å². The van der Waals surface area contributed by atoms with E-state index in [1.54, 1.807) is 0 Å². The minimum atomic E-state index is 0.0336. The van der Waals surface area contributed by atoms with Gasteiger partial charge in [-0.25, -0.2) is 0 Å². The molecule has 0 fully saturated rings. The van der Waals surface area contributed by atoms with Gasteiger partial charge in [-0.1, -0.05) is 18.2 Å². The highest BCUT2D eigenvalue weighted by atomic mass is 31.0. The summed E-state index contributed by atoms with van der Waals surface area (Å²) in [6.07, 6.45) is 6.74. The van der Waals surface area contributed by atoms with Crippen LogP contribution < -0.4 is 4.74 Å². The first-order valence-electron chi connectivity index (χ1n) is 4.83. The molecule has 0 radical (unpaired) electrons. The van der Waals surface area contributed by atoms with Crippen LogP contribution in [0.2, 0.25) is 0 Å². The van der Waals surface area contributed by atoms with E-state index in [0.717, 1.165) is 12.2 Å². The maximum absolute atomic E-state index is 5.55. The molecular formula is C12H15O2P. The number of para-hydroxylation sites is 1. The van der Waals surface area contributed by atoms with Crippen LogP contribution in [0.15, 0.2) is 30.3 Å². The zero-order valence-corrected chi connectivity index (χ0v) is 9.71. The van der Waals surface area contributed by atoms with Gasteiger partial charge in [0.15, 0.2) is 0 Å². The second kappa shape index (κ2) is 7.29. The zero-order valence-electron chi connectivity index (χ0n) is 8.56. The molecule has 1 aromatic carbocycles. The molecule has 0 N–H and O–H groups in total. The van der Waals surface area contributed by atoms with Crippen LogP contribution in [-0.2, 0) is 4.52 Å². The van der Waals surface area contributed by atoms with Crippen molar-refractivity contribution in [2.45, 2.75) is 18.9 Å². The Morgan fingerprint density at radius 1 is 1.33 bits per heavy atom. The van der Waals surface area contributed by atoms with Gasteiger partial charge in [-0.3, -0.25) is 0 Å². The van der Waals surface area contributed by atoms with E-state index >= 15 is 0 Å². The minimum absolute atomic E-state index is 0.0336. The first-order chi connectivity index (χ1) is 7.36. The molecule has 1 rings (SSSR count). The fourth-order valence-corrected chi connectivity index (χ4v) is 1.36. The second-order valence-electron chi connectivity index (χ2n) is 3.12. The van der Waals surface area contributed by atoms with Crippen molar-refractivity contribution >= 4 is 9.47 Å². The molecule has 0 heterocycles. The van der Waals surface area contributed by atoms with E-state index in [2.05, 4.69) is 15.4 Å². The van der Waals surface area contributed by atoms with Crippen LogP contribution in [0.5, 0.6) is 5.75 Å². The normalized spacial score (nSPS) is 11.7. The molecule has 0 aliphatic carbocycles. The van der Waals surface area contributed by atoms with Gasteiger partial charge in [0.05, 0.1) is 6.10 Å². The van der Waals surface area contributed by atoms with Crippen LogP contribution in [0.3, 0.4) is 0 Å². The third kappa shape index (κ3) is 4.83. The van der Waals surface area contributed by atoms with E-state index in [1.165, 1.54) is 0 Å². The first kappa shape index (κ1) is 12.0. The van der Waals surface area contributed by atoms with Crippen LogP contribution >= 0.6 is 9.47 Å². The van der Waals surface area contributed by atoms with Gasteiger partial charge in [-0.2, -0.15) is 0 Å². The molecule has 0 amide bonds. The Balaban J connectivity index is 2.31. The molecule has 0 aliphatic heterocycles. The fourth-order valence-electron chi connectivity index (χ4n) is 1.14. The first-order valence-corrected chi connectivity index (χ1v) is 5.31. The fraction of sp³-hybridized carbons (Fsp3) is 0.333. The van der Waals surface area contributed by atoms with Crippen LogP contribution in [0, 0.1) is 12.3 Å². The molecule has 80 valence electrons. The lowest BCUT2D eigenvalue weighted by atomic mass is 10.2. The van der Waals surface area contributed by atoms with Crippen molar-refractivity contribution in [2.75, 3.05) is 6.61 Å². The molecule has 0 spiro atoms. The molecule has 15 heavy (non-hydrogen) atoms. The molecule has 0 saturated carbocycles. The van der Waals surface area contributed by atoms with Gasteiger partial charge in [0.1, 0.15) is 12.4 Å². The van der Waals surface area contributed by atoms with Gasteiger partial charge in [0, 0.05) is 15.9 Å². The molecule has 2 atom stereocenters. The Morgan fingerprint density at radius 2 is 2.07 bits per heavy atom. The van der Waals surface area contributed by atoms with Crippen LogP contribution in [0.25, 0.3) is 0 Å². The van der Waals surface area contributed by atoms with Gasteiger partial charge < -0.3 is 9.26 Å². The monoisotopic (exact) mass is 222 g/mol. The van der Waals surface area contributed by atoms with Crippen LogP contribution in [-0.4, -0.2) is 12.7 Å². The maximum atomic E-state index is 5.55.